The smallest absolute Gasteiger partial charge is 0.320 e. The number of benzene rings is 1. The van der Waals surface area contributed by atoms with Crippen molar-refractivity contribution in [3.8, 4) is 0 Å². The van der Waals surface area contributed by atoms with Crippen LogP contribution in [0, 0.1) is 5.92 Å². The van der Waals surface area contributed by atoms with E-state index in [1.54, 1.807) is 6.20 Å². The summed E-state index contributed by atoms with van der Waals surface area (Å²) in [6, 6.07) is 8.77. The average molecular weight is 415 g/mol. The molecule has 0 aliphatic heterocycles. The van der Waals surface area contributed by atoms with E-state index in [0.717, 1.165) is 10.6 Å². The van der Waals surface area contributed by atoms with Crippen LogP contribution in [-0.2, 0) is 15.0 Å². The summed E-state index contributed by atoms with van der Waals surface area (Å²) in [5.41, 5.74) is 5.98. The number of carboxylic acid groups (broad SMARTS) is 1. The molecule has 0 saturated carbocycles. The number of thioether (sulfide) groups is 1. The maximum Gasteiger partial charge on any atom is 0.320 e. The molecule has 4 atom stereocenters. The van der Waals surface area contributed by atoms with Crippen molar-refractivity contribution >= 4 is 34.9 Å². The fourth-order valence-corrected chi connectivity index (χ4v) is 5.22. The molecule has 5 nitrogen and oxygen atoms in total. The monoisotopic (exact) mass is 414 g/mol. The third-order valence-electron chi connectivity index (χ3n) is 5.00. The number of carboxylic acids is 1. The summed E-state index contributed by atoms with van der Waals surface area (Å²) in [5, 5.41) is 11.4. The van der Waals surface area contributed by atoms with Crippen molar-refractivity contribution in [1.82, 2.24) is 4.98 Å². The summed E-state index contributed by atoms with van der Waals surface area (Å²) in [4.78, 5) is 29.4. The van der Waals surface area contributed by atoms with Gasteiger partial charge in [-0.1, -0.05) is 54.6 Å². The zero-order chi connectivity index (χ0) is 20.1. The van der Waals surface area contributed by atoms with E-state index in [4.69, 9.17) is 5.73 Å². The molecule has 1 aliphatic carbocycles. The molecule has 4 unspecified atom stereocenters. The third-order valence-corrected chi connectivity index (χ3v) is 6.91. The third kappa shape index (κ3) is 3.83. The molecule has 1 aromatic heterocycles. The molecule has 146 valence electrons. The van der Waals surface area contributed by atoms with Crippen LogP contribution >= 0.6 is 23.1 Å². The van der Waals surface area contributed by atoms with Crippen molar-refractivity contribution in [2.45, 2.75) is 23.1 Å². The predicted octanol–water partition coefficient (Wildman–Crippen LogP) is 3.27. The van der Waals surface area contributed by atoms with Gasteiger partial charge in [-0.25, -0.2) is 4.98 Å². The number of carbonyl (C=O) groups is 2. The van der Waals surface area contributed by atoms with Crippen LogP contribution in [0.2, 0.25) is 0 Å². The van der Waals surface area contributed by atoms with Gasteiger partial charge in [0.2, 0.25) is 0 Å². The largest absolute Gasteiger partial charge is 0.480 e. The standard InChI is InChI=1S/C21H22N2O3S2/c1-27-17(13-16(22)19(25)26)18(24)15-9-5-6-10-21(15,20-23-11-12-28-20)14-7-3-2-4-8-14/h2-12,15-17H,13,22H2,1H3,(H,25,26). The number of hydrogen-bond acceptors (Lipinski definition) is 6. The first kappa shape index (κ1) is 20.5. The number of carbonyl (C=O) groups excluding carboxylic acids is 1. The van der Waals surface area contributed by atoms with Crippen LogP contribution in [0.3, 0.4) is 0 Å². The molecular weight excluding hydrogens is 392 g/mol. The first-order valence-corrected chi connectivity index (χ1v) is 11.0. The number of nitrogens with zero attached hydrogens (tertiary/aromatic N) is 1. The Balaban J connectivity index is 2.06. The van der Waals surface area contributed by atoms with Gasteiger partial charge in [-0.2, -0.15) is 11.8 Å². The number of thiazole rings is 1. The highest BCUT2D eigenvalue weighted by molar-refractivity contribution is 7.99. The second kappa shape index (κ2) is 8.86. The Morgan fingerprint density at radius 2 is 2.07 bits per heavy atom. The Bertz CT molecular complexity index is 880. The number of ketones is 1. The molecule has 0 amide bonds. The van der Waals surface area contributed by atoms with E-state index in [1.807, 2.05) is 66.3 Å². The zero-order valence-electron chi connectivity index (χ0n) is 15.4. The Morgan fingerprint density at radius 3 is 2.68 bits per heavy atom. The molecule has 2 aromatic rings. The van der Waals surface area contributed by atoms with Crippen LogP contribution in [0.15, 0.2) is 66.2 Å². The minimum absolute atomic E-state index is 0.0381. The molecule has 1 heterocycles. The topological polar surface area (TPSA) is 93.3 Å². The van der Waals surface area contributed by atoms with Crippen molar-refractivity contribution in [2.75, 3.05) is 6.26 Å². The van der Waals surface area contributed by atoms with Gasteiger partial charge in [0, 0.05) is 11.6 Å². The Kier molecular flexibility index (Phi) is 6.49. The number of allylic oxidation sites excluding steroid dienone is 4. The van der Waals surface area contributed by atoms with E-state index in [9.17, 15) is 14.7 Å². The maximum atomic E-state index is 13.6. The number of aliphatic carboxylic acids is 1. The molecule has 28 heavy (non-hydrogen) atoms. The predicted molar refractivity (Wildman–Crippen MR) is 114 cm³/mol. The number of Topliss-reactive ketones (excluding diaryl/α,β-unsaturated/α-hetero) is 1. The molecule has 1 aliphatic rings. The van der Waals surface area contributed by atoms with E-state index in [1.165, 1.54) is 23.1 Å². The lowest BCUT2D eigenvalue weighted by Gasteiger charge is -2.38. The van der Waals surface area contributed by atoms with Crippen LogP contribution in [-0.4, -0.2) is 39.4 Å². The van der Waals surface area contributed by atoms with E-state index >= 15 is 0 Å². The van der Waals surface area contributed by atoms with Crippen molar-refractivity contribution in [2.24, 2.45) is 11.7 Å². The number of nitrogens with two attached hydrogens (primary N) is 1. The van der Waals surface area contributed by atoms with Gasteiger partial charge in [0.15, 0.2) is 5.78 Å². The van der Waals surface area contributed by atoms with Crippen LogP contribution in [0.1, 0.15) is 17.0 Å². The maximum absolute atomic E-state index is 13.6. The highest BCUT2D eigenvalue weighted by atomic mass is 32.2. The molecular formula is C21H22N2O3S2. The molecule has 1 aromatic carbocycles. The first-order chi connectivity index (χ1) is 13.5. The summed E-state index contributed by atoms with van der Waals surface area (Å²) in [7, 11) is 0. The minimum Gasteiger partial charge on any atom is -0.480 e. The van der Waals surface area contributed by atoms with Crippen molar-refractivity contribution < 1.29 is 14.7 Å². The van der Waals surface area contributed by atoms with Crippen LogP contribution < -0.4 is 5.73 Å². The van der Waals surface area contributed by atoms with Gasteiger partial charge in [0.1, 0.15) is 11.0 Å². The van der Waals surface area contributed by atoms with Gasteiger partial charge in [0.05, 0.1) is 16.6 Å². The SMILES string of the molecule is CSC(CC(N)C(=O)O)C(=O)C1C=CC=CC1(c1ccccc1)c1nccs1. The second-order valence-corrected chi connectivity index (χ2v) is 8.54. The van der Waals surface area contributed by atoms with Crippen LogP contribution in [0.5, 0.6) is 0 Å². The van der Waals surface area contributed by atoms with E-state index in [-0.39, 0.29) is 12.2 Å². The second-order valence-electron chi connectivity index (χ2n) is 6.60. The summed E-state index contributed by atoms with van der Waals surface area (Å²) in [6.07, 6.45) is 11.4. The quantitative estimate of drug-likeness (QED) is 0.689. The number of hydrogen-bond donors (Lipinski definition) is 2. The molecule has 3 rings (SSSR count). The number of aromatic nitrogens is 1. The van der Waals surface area contributed by atoms with Gasteiger partial charge < -0.3 is 10.8 Å². The molecule has 3 N–H and O–H groups in total. The van der Waals surface area contributed by atoms with E-state index in [2.05, 4.69) is 4.98 Å². The van der Waals surface area contributed by atoms with Gasteiger partial charge in [-0.15, -0.1) is 11.3 Å². The lowest BCUT2D eigenvalue weighted by atomic mass is 9.66. The first-order valence-electron chi connectivity index (χ1n) is 8.87. The molecule has 0 bridgehead atoms. The summed E-state index contributed by atoms with van der Waals surface area (Å²) in [5.74, 6) is -1.63. The average Bonchev–Trinajstić information content (AvgIpc) is 3.27. The lowest BCUT2D eigenvalue weighted by Crippen LogP contribution is -2.44. The fourth-order valence-electron chi connectivity index (χ4n) is 3.56. The molecule has 7 heteroatoms. The highest BCUT2D eigenvalue weighted by Crippen LogP contribution is 2.45. The highest BCUT2D eigenvalue weighted by Gasteiger charge is 2.47. The van der Waals surface area contributed by atoms with Crippen molar-refractivity contribution in [1.29, 1.82) is 0 Å². The van der Waals surface area contributed by atoms with Crippen molar-refractivity contribution in [3.63, 3.8) is 0 Å². The summed E-state index contributed by atoms with van der Waals surface area (Å²) in [6.45, 7) is 0. The zero-order valence-corrected chi connectivity index (χ0v) is 17.0. The normalized spacial score (nSPS) is 23.3. The van der Waals surface area contributed by atoms with E-state index in [0.29, 0.717) is 0 Å². The minimum atomic E-state index is -1.10. The van der Waals surface area contributed by atoms with E-state index < -0.39 is 28.6 Å². The van der Waals surface area contributed by atoms with Gasteiger partial charge in [-0.3, -0.25) is 9.59 Å². The lowest BCUT2D eigenvalue weighted by molar-refractivity contribution is -0.138. The number of rotatable bonds is 8. The fraction of sp³-hybridized carbons (Fsp3) is 0.286. The Hall–Kier alpha value is -2.22. The van der Waals surface area contributed by atoms with Gasteiger partial charge >= 0.3 is 5.97 Å². The van der Waals surface area contributed by atoms with Gasteiger partial charge in [-0.05, 0) is 18.2 Å². The van der Waals surface area contributed by atoms with Gasteiger partial charge in [0.25, 0.3) is 0 Å². The molecule has 0 spiro atoms. The molecule has 0 radical (unpaired) electrons. The van der Waals surface area contributed by atoms with Crippen LogP contribution in [0.4, 0.5) is 0 Å². The molecule has 0 saturated heterocycles. The summed E-state index contributed by atoms with van der Waals surface area (Å²) >= 11 is 2.85. The summed E-state index contributed by atoms with van der Waals surface area (Å²) < 4.78 is 0. The van der Waals surface area contributed by atoms with Crippen molar-refractivity contribution in [3.05, 3.63) is 76.8 Å². The van der Waals surface area contributed by atoms with Crippen LogP contribution in [0.25, 0.3) is 0 Å². The molecule has 0 fully saturated rings. The Labute approximate surface area is 172 Å². The Morgan fingerprint density at radius 1 is 1.32 bits per heavy atom.